The molecule has 2 fully saturated rings. The second-order valence-corrected chi connectivity index (χ2v) is 20.1. The number of aliphatic hydroxyl groups excluding tert-OH is 1. The number of piperidine rings is 1. The van der Waals surface area contributed by atoms with E-state index in [-0.39, 0.29) is 41.9 Å². The molecular formula is C41H52N6O6Si. The highest BCUT2D eigenvalue weighted by atomic mass is 28.3. The summed E-state index contributed by atoms with van der Waals surface area (Å²) in [7, 11) is 0.950. The minimum atomic E-state index is -2.36. The van der Waals surface area contributed by atoms with E-state index in [0.29, 0.717) is 43.9 Å². The quantitative estimate of drug-likeness (QED) is 0.167. The Hall–Kier alpha value is -4.56. The number of fused-ring (bicyclic) bond motifs is 2. The van der Waals surface area contributed by atoms with E-state index in [1.807, 2.05) is 65.7 Å². The number of ether oxygens (including phenoxy) is 3. The van der Waals surface area contributed by atoms with Crippen LogP contribution in [0.2, 0.25) is 18.6 Å². The normalized spacial score (nSPS) is 23.8. The van der Waals surface area contributed by atoms with Crippen molar-refractivity contribution in [3.8, 4) is 11.5 Å². The number of aliphatic hydroxyl groups is 1. The van der Waals surface area contributed by atoms with Gasteiger partial charge in [-0.05, 0) is 79.4 Å². The van der Waals surface area contributed by atoms with Crippen LogP contribution in [0.1, 0.15) is 43.0 Å². The number of amides is 2. The molecule has 3 aliphatic rings. The summed E-state index contributed by atoms with van der Waals surface area (Å²) < 4.78 is 20.4. The molecule has 4 heterocycles. The number of rotatable bonds is 13. The molecule has 4 aromatic rings. The summed E-state index contributed by atoms with van der Waals surface area (Å²) in [5.74, 6) is 1.12. The fraction of sp³-hybridized carbons (Fsp3) is 0.463. The highest BCUT2D eigenvalue weighted by Gasteiger charge is 2.66. The van der Waals surface area contributed by atoms with E-state index < -0.39 is 13.7 Å². The average Bonchev–Trinajstić information content (AvgIpc) is 3.84. The molecule has 13 heteroatoms. The van der Waals surface area contributed by atoms with Crippen molar-refractivity contribution in [2.24, 2.45) is 11.8 Å². The Morgan fingerprint density at radius 2 is 1.87 bits per heavy atom. The van der Waals surface area contributed by atoms with Crippen LogP contribution in [-0.2, 0) is 39.4 Å². The van der Waals surface area contributed by atoms with E-state index in [4.69, 9.17) is 14.2 Å². The minimum Gasteiger partial charge on any atom is -0.497 e. The molecule has 286 valence electrons. The van der Waals surface area contributed by atoms with E-state index >= 15 is 4.79 Å². The number of nitrogens with zero attached hydrogens (tertiary/aromatic N) is 4. The predicted molar refractivity (Wildman–Crippen MR) is 210 cm³/mol. The number of nitrogens with one attached hydrogen (secondary N) is 2. The van der Waals surface area contributed by atoms with Gasteiger partial charge in [-0.3, -0.25) is 14.3 Å². The number of benzene rings is 3. The molecule has 7 rings (SSSR count). The highest BCUT2D eigenvalue weighted by Crippen LogP contribution is 2.60. The van der Waals surface area contributed by atoms with Crippen molar-refractivity contribution < 1.29 is 28.9 Å². The summed E-state index contributed by atoms with van der Waals surface area (Å²) in [6.07, 6.45) is 4.51. The van der Waals surface area contributed by atoms with E-state index in [1.54, 1.807) is 18.9 Å². The van der Waals surface area contributed by atoms with Crippen molar-refractivity contribution in [1.82, 2.24) is 20.3 Å². The fourth-order valence-corrected chi connectivity index (χ4v) is 13.1. The second kappa shape index (κ2) is 15.7. The lowest BCUT2D eigenvalue weighted by Crippen LogP contribution is -2.51. The van der Waals surface area contributed by atoms with Gasteiger partial charge in [-0.2, -0.15) is 0 Å². The smallest absolute Gasteiger partial charge is 0.264 e. The molecule has 3 aliphatic heterocycles. The molecule has 3 N–H and O–H groups in total. The number of aryl methyl sites for hydroxylation is 1. The van der Waals surface area contributed by atoms with Gasteiger partial charge in [0.1, 0.15) is 11.5 Å². The minimum absolute atomic E-state index is 0.00673. The highest BCUT2D eigenvalue weighted by molar-refractivity contribution is 6.91. The third-order valence-corrected chi connectivity index (χ3v) is 16.2. The van der Waals surface area contributed by atoms with Crippen LogP contribution >= 0.6 is 0 Å². The van der Waals surface area contributed by atoms with Crippen LogP contribution in [0.5, 0.6) is 11.5 Å². The number of hydrogen-bond donors (Lipinski definition) is 3. The molecule has 1 unspecified atom stereocenters. The first-order chi connectivity index (χ1) is 26.1. The molecule has 54 heavy (non-hydrogen) atoms. The summed E-state index contributed by atoms with van der Waals surface area (Å²) in [6.45, 7) is 9.40. The van der Waals surface area contributed by atoms with Crippen LogP contribution in [0.15, 0.2) is 72.9 Å². The van der Waals surface area contributed by atoms with Crippen LogP contribution in [0, 0.1) is 11.8 Å². The molecule has 3 aromatic carbocycles. The molecule has 0 aliphatic carbocycles. The molecule has 0 bridgehead atoms. The zero-order valence-electron chi connectivity index (χ0n) is 31.9. The molecule has 0 saturated carbocycles. The van der Waals surface area contributed by atoms with Gasteiger partial charge < -0.3 is 34.9 Å². The Morgan fingerprint density at radius 1 is 1.09 bits per heavy atom. The van der Waals surface area contributed by atoms with Crippen molar-refractivity contribution in [2.45, 2.75) is 76.0 Å². The maximum Gasteiger partial charge on any atom is 0.264 e. The van der Waals surface area contributed by atoms with Crippen molar-refractivity contribution in [1.29, 1.82) is 0 Å². The Labute approximate surface area is 318 Å². The Morgan fingerprint density at radius 3 is 2.59 bits per heavy atom. The van der Waals surface area contributed by atoms with Gasteiger partial charge in [-0.1, -0.05) is 54.7 Å². The number of carbonyl (C=O) groups is 2. The molecule has 2 amide bonds. The maximum absolute atomic E-state index is 15.3. The molecule has 1 spiro atoms. The number of hydrogen-bond acceptors (Lipinski definition) is 9. The summed E-state index contributed by atoms with van der Waals surface area (Å²) >= 11 is 0. The van der Waals surface area contributed by atoms with E-state index in [2.05, 4.69) is 53.1 Å². The topological polar surface area (TPSA) is 140 Å². The molecule has 5 atom stereocenters. The lowest BCUT2D eigenvalue weighted by atomic mass is 9.82. The zero-order chi connectivity index (χ0) is 38.0. The van der Waals surface area contributed by atoms with Gasteiger partial charge in [0.15, 0.2) is 5.60 Å². The molecule has 1 aromatic heterocycles. The molecule has 0 radical (unpaired) electrons. The molecular weight excluding hydrogens is 701 g/mol. The fourth-order valence-electron chi connectivity index (χ4n) is 9.03. The van der Waals surface area contributed by atoms with Crippen molar-refractivity contribution >= 4 is 36.4 Å². The van der Waals surface area contributed by atoms with Gasteiger partial charge >= 0.3 is 0 Å². The number of carbonyl (C=O) groups excluding carboxylic acids is 2. The van der Waals surface area contributed by atoms with Crippen LogP contribution < -0.4 is 30.2 Å². The molecule has 12 nitrogen and oxygen atoms in total. The largest absolute Gasteiger partial charge is 0.497 e. The SMILES string of the molecule is COc1ccc([Si](C)(C)[C@@H]2[C@@H](CCn3cc(CCO)nn3)O[C@]3(C(=O)N(Cc4cccc(NC(=O)C5CCCNC5)c4)c4ccc(OC)cc43)[C@H]2C)cc1. The van der Waals surface area contributed by atoms with Crippen molar-refractivity contribution in [2.75, 3.05) is 44.1 Å². The van der Waals surface area contributed by atoms with E-state index in [9.17, 15) is 9.90 Å². The van der Waals surface area contributed by atoms with Crippen molar-refractivity contribution in [3.05, 3.63) is 89.7 Å². The van der Waals surface area contributed by atoms with Gasteiger partial charge in [0.25, 0.3) is 5.91 Å². The predicted octanol–water partition coefficient (Wildman–Crippen LogP) is 4.62. The Balaban J connectivity index is 1.23. The summed E-state index contributed by atoms with van der Waals surface area (Å²) in [6, 6.07) is 22.0. The van der Waals surface area contributed by atoms with Gasteiger partial charge in [0, 0.05) is 49.5 Å². The summed E-state index contributed by atoms with van der Waals surface area (Å²) in [4.78, 5) is 30.2. The third-order valence-electron chi connectivity index (χ3n) is 11.8. The third kappa shape index (κ3) is 7.05. The van der Waals surface area contributed by atoms with E-state index in [1.165, 1.54) is 5.19 Å². The van der Waals surface area contributed by atoms with Gasteiger partial charge in [0.05, 0.1) is 52.2 Å². The van der Waals surface area contributed by atoms with Gasteiger partial charge in [0.2, 0.25) is 5.91 Å². The summed E-state index contributed by atoms with van der Waals surface area (Å²) in [5, 5.41) is 25.7. The zero-order valence-corrected chi connectivity index (χ0v) is 32.9. The summed E-state index contributed by atoms with van der Waals surface area (Å²) in [5.41, 5.74) is 2.75. The second-order valence-electron chi connectivity index (χ2n) is 15.4. The van der Waals surface area contributed by atoms with Gasteiger partial charge in [-0.15, -0.1) is 5.10 Å². The van der Waals surface area contributed by atoms with Crippen LogP contribution in [0.3, 0.4) is 0 Å². The van der Waals surface area contributed by atoms with Crippen molar-refractivity contribution in [3.63, 3.8) is 0 Å². The Kier molecular flexibility index (Phi) is 10.9. The lowest BCUT2D eigenvalue weighted by molar-refractivity contribution is -0.146. The standard InChI is InChI=1S/C41H52N6O6Si/c1-27-38(54(4,5)34-14-11-32(51-2)12-15-34)37(17-20-46-26-31(18-21-48)44-45-46)53-41(27)35-23-33(52-3)13-16-36(35)47(40(41)50)25-28-8-6-10-30(22-28)43-39(49)29-9-7-19-42-24-29/h6,8,10-16,22-23,26-27,29,37-38,42,48H,7,9,17-21,24-25H2,1-5H3,(H,43,49)/t27-,29?,37+,38-,41+/m0/s1. The lowest BCUT2D eigenvalue weighted by Gasteiger charge is -2.37. The monoisotopic (exact) mass is 752 g/mol. The first-order valence-electron chi connectivity index (χ1n) is 19.0. The van der Waals surface area contributed by atoms with Crippen LogP contribution in [-0.4, -0.2) is 80.0 Å². The number of aromatic nitrogens is 3. The first kappa shape index (κ1) is 37.7. The average molecular weight is 753 g/mol. The number of methoxy groups -OCH3 is 2. The maximum atomic E-state index is 15.3. The first-order valence-corrected chi connectivity index (χ1v) is 22.1. The Bertz CT molecular complexity index is 1960. The number of anilines is 2. The van der Waals surface area contributed by atoms with Crippen LogP contribution in [0.25, 0.3) is 0 Å². The van der Waals surface area contributed by atoms with Gasteiger partial charge in [-0.25, -0.2) is 0 Å². The molecule has 2 saturated heterocycles. The van der Waals surface area contributed by atoms with E-state index in [0.717, 1.165) is 47.6 Å². The van der Waals surface area contributed by atoms with Crippen LogP contribution in [0.4, 0.5) is 11.4 Å².